The summed E-state index contributed by atoms with van der Waals surface area (Å²) in [4.78, 5) is 16.6. The fourth-order valence-electron chi connectivity index (χ4n) is 2.72. The molecule has 7 heteroatoms. The fourth-order valence-corrected chi connectivity index (χ4v) is 2.72. The zero-order chi connectivity index (χ0) is 18.9. The van der Waals surface area contributed by atoms with E-state index in [-0.39, 0.29) is 24.1 Å². The minimum absolute atomic E-state index is 0.0805. The van der Waals surface area contributed by atoms with Gasteiger partial charge in [-0.05, 0) is 23.1 Å². The van der Waals surface area contributed by atoms with Crippen molar-refractivity contribution in [3.05, 3.63) is 52.7 Å². The average Bonchev–Trinajstić information content (AvgIpc) is 2.97. The lowest BCUT2D eigenvalue weighted by Gasteiger charge is -2.19. The summed E-state index contributed by atoms with van der Waals surface area (Å²) in [7, 11) is 1.73. The molecule has 1 N–H and O–H groups in total. The number of nitrogens with zero attached hydrogens (tertiary/aromatic N) is 4. The van der Waals surface area contributed by atoms with Crippen LogP contribution in [0.2, 0.25) is 0 Å². The molecular weight excluding hydrogens is 332 g/mol. The highest BCUT2D eigenvalue weighted by atomic mass is 16.5. The van der Waals surface area contributed by atoms with Gasteiger partial charge in [-0.3, -0.25) is 14.0 Å². The molecule has 0 radical (unpaired) electrons. The van der Waals surface area contributed by atoms with Gasteiger partial charge in [-0.15, -0.1) is 0 Å². The number of benzene rings is 1. The third kappa shape index (κ3) is 3.77. The van der Waals surface area contributed by atoms with Gasteiger partial charge in [0, 0.05) is 7.05 Å². The van der Waals surface area contributed by atoms with Gasteiger partial charge in [0.25, 0.3) is 5.56 Å². The van der Waals surface area contributed by atoms with Crippen LogP contribution in [-0.2, 0) is 19.0 Å². The lowest BCUT2D eigenvalue weighted by molar-refractivity contribution is 0.0914. The van der Waals surface area contributed by atoms with Crippen LogP contribution >= 0.6 is 0 Å². The van der Waals surface area contributed by atoms with E-state index >= 15 is 0 Å². The van der Waals surface area contributed by atoms with Crippen LogP contribution in [-0.4, -0.2) is 37.1 Å². The van der Waals surface area contributed by atoms with E-state index in [1.807, 2.05) is 24.3 Å². The Bertz CT molecular complexity index is 952. The molecule has 1 atom stereocenters. The van der Waals surface area contributed by atoms with Crippen LogP contribution < -0.4 is 10.3 Å². The molecule has 0 aliphatic rings. The van der Waals surface area contributed by atoms with Crippen molar-refractivity contribution >= 4 is 11.0 Å². The van der Waals surface area contributed by atoms with Crippen molar-refractivity contribution in [2.75, 3.05) is 6.61 Å². The first-order chi connectivity index (χ1) is 12.3. The van der Waals surface area contributed by atoms with E-state index in [2.05, 4.69) is 30.9 Å². The molecule has 138 valence electrons. The smallest absolute Gasteiger partial charge is 0.264 e. The molecule has 0 aliphatic heterocycles. The number of aryl methyl sites for hydroxylation is 1. The number of fused-ring (bicyclic) bond motifs is 1. The molecule has 3 aromatic rings. The van der Waals surface area contributed by atoms with Crippen molar-refractivity contribution in [2.45, 2.75) is 38.8 Å². The molecule has 2 heterocycles. The highest BCUT2D eigenvalue weighted by molar-refractivity contribution is 5.72. The van der Waals surface area contributed by atoms with Crippen LogP contribution in [0.1, 0.15) is 26.3 Å². The first-order valence-corrected chi connectivity index (χ1v) is 8.54. The molecule has 0 saturated carbocycles. The van der Waals surface area contributed by atoms with Gasteiger partial charge >= 0.3 is 0 Å². The lowest BCUT2D eigenvalue weighted by atomic mass is 9.87. The number of rotatable bonds is 5. The maximum atomic E-state index is 12.4. The van der Waals surface area contributed by atoms with E-state index in [4.69, 9.17) is 4.74 Å². The van der Waals surface area contributed by atoms with Crippen molar-refractivity contribution in [3.63, 3.8) is 0 Å². The van der Waals surface area contributed by atoms with E-state index in [9.17, 15) is 9.90 Å². The topological polar surface area (TPSA) is 82.2 Å². The number of aliphatic hydroxyl groups excluding tert-OH is 1. The number of hydrogen-bond acceptors (Lipinski definition) is 5. The molecule has 1 unspecified atom stereocenters. The Balaban J connectivity index is 1.63. The highest BCUT2D eigenvalue weighted by Crippen LogP contribution is 2.24. The second kappa shape index (κ2) is 6.92. The SMILES string of the molecule is Cn1ncc2c(=O)n(CC(O)COc3ccc(C(C)(C)C)cc3)cnc21. The Morgan fingerprint density at radius 1 is 1.23 bits per heavy atom. The van der Waals surface area contributed by atoms with Gasteiger partial charge in [0.05, 0.1) is 12.7 Å². The highest BCUT2D eigenvalue weighted by Gasteiger charge is 2.14. The Kier molecular flexibility index (Phi) is 4.82. The van der Waals surface area contributed by atoms with Crippen LogP contribution in [0, 0.1) is 0 Å². The molecule has 26 heavy (non-hydrogen) atoms. The van der Waals surface area contributed by atoms with Crippen LogP contribution in [0.5, 0.6) is 5.75 Å². The normalized spacial score (nSPS) is 13.1. The van der Waals surface area contributed by atoms with E-state index in [1.54, 1.807) is 11.7 Å². The second-order valence-electron chi connectivity index (χ2n) is 7.45. The molecule has 0 spiro atoms. The quantitative estimate of drug-likeness (QED) is 0.755. The summed E-state index contributed by atoms with van der Waals surface area (Å²) in [5.41, 5.74) is 1.59. The summed E-state index contributed by atoms with van der Waals surface area (Å²) < 4.78 is 8.56. The van der Waals surface area contributed by atoms with Gasteiger partial charge in [0.15, 0.2) is 5.65 Å². The maximum absolute atomic E-state index is 12.4. The molecule has 3 rings (SSSR count). The molecule has 2 aromatic heterocycles. The first kappa shape index (κ1) is 18.1. The Morgan fingerprint density at radius 2 is 1.92 bits per heavy atom. The van der Waals surface area contributed by atoms with Gasteiger partial charge in [-0.1, -0.05) is 32.9 Å². The van der Waals surface area contributed by atoms with Crippen molar-refractivity contribution in [3.8, 4) is 5.75 Å². The van der Waals surface area contributed by atoms with Crippen molar-refractivity contribution in [1.29, 1.82) is 0 Å². The molecule has 7 nitrogen and oxygen atoms in total. The van der Waals surface area contributed by atoms with Crippen molar-refractivity contribution in [2.24, 2.45) is 7.05 Å². The van der Waals surface area contributed by atoms with E-state index in [1.165, 1.54) is 22.7 Å². The molecule has 0 aliphatic carbocycles. The lowest BCUT2D eigenvalue weighted by Crippen LogP contribution is -2.30. The zero-order valence-electron chi connectivity index (χ0n) is 15.5. The summed E-state index contributed by atoms with van der Waals surface area (Å²) in [5, 5.41) is 14.7. The second-order valence-corrected chi connectivity index (χ2v) is 7.45. The van der Waals surface area contributed by atoms with Crippen LogP contribution in [0.15, 0.2) is 41.6 Å². The molecule has 0 fully saturated rings. The van der Waals surface area contributed by atoms with Crippen molar-refractivity contribution in [1.82, 2.24) is 19.3 Å². The minimum Gasteiger partial charge on any atom is -0.491 e. The Labute approximate surface area is 151 Å². The zero-order valence-corrected chi connectivity index (χ0v) is 15.5. The summed E-state index contributed by atoms with van der Waals surface area (Å²) in [5.74, 6) is 0.685. The van der Waals surface area contributed by atoms with E-state index in [0.717, 1.165) is 0 Å². The molecule has 1 aromatic carbocycles. The predicted octanol–water partition coefficient (Wildman–Crippen LogP) is 1.87. The summed E-state index contributed by atoms with van der Waals surface area (Å²) >= 11 is 0. The number of ether oxygens (including phenoxy) is 1. The molecular formula is C19H24N4O3. The monoisotopic (exact) mass is 356 g/mol. The Morgan fingerprint density at radius 3 is 2.58 bits per heavy atom. The number of aromatic nitrogens is 4. The van der Waals surface area contributed by atoms with Gasteiger partial charge in [-0.2, -0.15) is 5.10 Å². The van der Waals surface area contributed by atoms with E-state index < -0.39 is 6.10 Å². The Hall–Kier alpha value is -2.67. The summed E-state index contributed by atoms with van der Waals surface area (Å²) in [6.45, 7) is 6.65. The molecule has 0 amide bonds. The molecule has 0 bridgehead atoms. The van der Waals surface area contributed by atoms with Crippen LogP contribution in [0.3, 0.4) is 0 Å². The van der Waals surface area contributed by atoms with Crippen molar-refractivity contribution < 1.29 is 9.84 Å². The van der Waals surface area contributed by atoms with Crippen LogP contribution in [0.4, 0.5) is 0 Å². The summed E-state index contributed by atoms with van der Waals surface area (Å²) in [6.07, 6.45) is 2.08. The predicted molar refractivity (Wildman–Crippen MR) is 99.4 cm³/mol. The number of hydrogen-bond donors (Lipinski definition) is 1. The van der Waals surface area contributed by atoms with E-state index in [0.29, 0.717) is 16.8 Å². The van der Waals surface area contributed by atoms with Gasteiger partial charge < -0.3 is 9.84 Å². The fraction of sp³-hybridized carbons (Fsp3) is 0.421. The minimum atomic E-state index is -0.828. The standard InChI is InChI=1S/C19H24N4O3/c1-19(2,3)13-5-7-15(8-6-13)26-11-14(24)10-23-12-20-17-16(18(23)25)9-21-22(17)4/h5-9,12,14,24H,10-11H2,1-4H3. The summed E-state index contributed by atoms with van der Waals surface area (Å²) in [6, 6.07) is 7.82. The van der Waals surface area contributed by atoms with Gasteiger partial charge in [-0.25, -0.2) is 4.98 Å². The largest absolute Gasteiger partial charge is 0.491 e. The van der Waals surface area contributed by atoms with Gasteiger partial charge in [0.1, 0.15) is 30.2 Å². The maximum Gasteiger partial charge on any atom is 0.264 e. The van der Waals surface area contributed by atoms with Crippen LogP contribution in [0.25, 0.3) is 11.0 Å². The third-order valence-electron chi connectivity index (χ3n) is 4.29. The average molecular weight is 356 g/mol. The number of aliphatic hydroxyl groups is 1. The first-order valence-electron chi connectivity index (χ1n) is 8.54. The third-order valence-corrected chi connectivity index (χ3v) is 4.29. The molecule has 0 saturated heterocycles. The van der Waals surface area contributed by atoms with Gasteiger partial charge in [0.2, 0.25) is 0 Å².